The molecule has 14 N–H and O–H groups in total. The predicted molar refractivity (Wildman–Crippen MR) is 239 cm³/mol. The van der Waals surface area contributed by atoms with Crippen LogP contribution in [0.15, 0.2) is 53.5 Å². The molecule has 0 aromatic heterocycles. The van der Waals surface area contributed by atoms with Gasteiger partial charge in [0.15, 0.2) is 5.96 Å². The average molecular weight is 921 g/mol. The van der Waals surface area contributed by atoms with Crippen LogP contribution in [0.1, 0.15) is 49.7 Å². The molecule has 0 unspecified atom stereocenters. The summed E-state index contributed by atoms with van der Waals surface area (Å²) in [6, 6.07) is 6.91. The Bertz CT molecular complexity index is 2160. The highest BCUT2D eigenvalue weighted by Gasteiger charge is 2.35. The van der Waals surface area contributed by atoms with Crippen LogP contribution < -0.4 is 69.5 Å². The minimum absolute atomic E-state index is 0.0265. The van der Waals surface area contributed by atoms with E-state index in [1.807, 2.05) is 0 Å². The number of nitrogens with one attached hydrogen (secondary N) is 8. The molecule has 0 atom stereocenters. The van der Waals surface area contributed by atoms with Crippen LogP contribution in [-0.4, -0.2) is 95.3 Å². The Labute approximate surface area is 370 Å². The second-order valence-corrected chi connectivity index (χ2v) is 15.2. The summed E-state index contributed by atoms with van der Waals surface area (Å²) in [5, 5.41) is 21.6. The van der Waals surface area contributed by atoms with E-state index in [0.29, 0.717) is 84.6 Å². The number of carbonyl (C=O) groups excluding carboxylic acids is 4. The zero-order valence-electron chi connectivity index (χ0n) is 35.4. The molecule has 2 saturated heterocycles. The summed E-state index contributed by atoms with van der Waals surface area (Å²) >= 11 is 0. The monoisotopic (exact) mass is 920 g/mol. The van der Waals surface area contributed by atoms with E-state index in [4.69, 9.17) is 17.2 Å². The van der Waals surface area contributed by atoms with Crippen molar-refractivity contribution >= 4 is 75.3 Å². The van der Waals surface area contributed by atoms with Crippen molar-refractivity contribution in [3.8, 4) is 0 Å². The molecule has 0 radical (unpaired) electrons. The number of unbranched alkanes of at least 4 members (excludes halogenated alkanes) is 2. The Hall–Kier alpha value is -6.53. The fraction of sp³-hybridized carbons (Fsp3) is 0.439. The molecular weight excluding hydrogens is 867 g/mol. The maximum absolute atomic E-state index is 14.2. The molecule has 0 bridgehead atoms. The number of hydrogen-bond donors (Lipinski definition) is 11. The van der Waals surface area contributed by atoms with Crippen LogP contribution in [0, 0.1) is 0 Å². The maximum Gasteiger partial charge on any atom is 0.416 e. The van der Waals surface area contributed by atoms with Crippen molar-refractivity contribution in [2.75, 3.05) is 107 Å². The summed E-state index contributed by atoms with van der Waals surface area (Å²) in [5.74, 6) is -1.17. The summed E-state index contributed by atoms with van der Waals surface area (Å²) in [6.45, 7) is 4.00. The largest absolute Gasteiger partial charge is 0.416 e. The number of hydrogen-bond acceptors (Lipinski definition) is 10. The molecule has 2 aliphatic heterocycles. The van der Waals surface area contributed by atoms with Gasteiger partial charge in [0.1, 0.15) is 0 Å². The van der Waals surface area contributed by atoms with Gasteiger partial charge in [0.25, 0.3) is 0 Å². The molecular formula is C41H54F6N14O4. The summed E-state index contributed by atoms with van der Waals surface area (Å²) < 4.78 is 85.2. The number of anilines is 8. The molecule has 24 heteroatoms. The number of halogens is 6. The fourth-order valence-electron chi connectivity index (χ4n) is 7.10. The van der Waals surface area contributed by atoms with Crippen molar-refractivity contribution in [2.45, 2.75) is 50.9 Å². The first kappa shape index (κ1) is 49.5. The van der Waals surface area contributed by atoms with Crippen LogP contribution >= 0.6 is 0 Å². The number of alkyl halides is 6. The zero-order valence-corrected chi connectivity index (χ0v) is 35.4. The summed E-state index contributed by atoms with van der Waals surface area (Å²) in [7, 11) is 0. The smallest absolute Gasteiger partial charge is 0.370 e. The van der Waals surface area contributed by atoms with Crippen LogP contribution in [-0.2, 0) is 21.9 Å². The van der Waals surface area contributed by atoms with Crippen molar-refractivity contribution in [3.63, 3.8) is 0 Å². The minimum atomic E-state index is -4.85. The Morgan fingerprint density at radius 3 is 1.29 bits per heavy atom. The predicted octanol–water partition coefficient (Wildman–Crippen LogP) is 5.28. The second-order valence-electron chi connectivity index (χ2n) is 15.2. The molecule has 3 aromatic rings. The van der Waals surface area contributed by atoms with Gasteiger partial charge in [0.2, 0.25) is 11.8 Å². The number of aliphatic imine (C=N–C) groups is 1. The van der Waals surface area contributed by atoms with Gasteiger partial charge in [-0.2, -0.15) is 26.3 Å². The second kappa shape index (κ2) is 22.9. The quantitative estimate of drug-likeness (QED) is 0.0359. The van der Waals surface area contributed by atoms with Crippen LogP contribution in [0.5, 0.6) is 0 Å². The number of benzene rings is 3. The lowest BCUT2D eigenvalue weighted by Crippen LogP contribution is -2.44. The van der Waals surface area contributed by atoms with E-state index in [2.05, 4.69) is 47.5 Å². The Kier molecular flexibility index (Phi) is 17.4. The van der Waals surface area contributed by atoms with Crippen LogP contribution in [0.3, 0.4) is 0 Å². The SMILES string of the molecule is NCCCCC(=O)Nc1cc(C(F)(F)F)cc(NC(=O)Nc2ccc(NC(=O)Nc3cc(C(F)(F)F)cc(NC(=O)CCCCN=C(N)N)c3N3CCNCC3)cc2)c1N1CCNCC1. The lowest BCUT2D eigenvalue weighted by atomic mass is 10.1. The highest BCUT2D eigenvalue weighted by atomic mass is 19.4. The third kappa shape index (κ3) is 15.0. The number of rotatable bonds is 17. The number of nitrogens with zero attached hydrogens (tertiary/aromatic N) is 3. The molecule has 3 aromatic carbocycles. The topological polar surface area (TPSA) is 261 Å². The van der Waals surface area contributed by atoms with Gasteiger partial charge >= 0.3 is 24.4 Å². The number of amides is 6. The maximum atomic E-state index is 14.2. The third-order valence-electron chi connectivity index (χ3n) is 10.2. The van der Waals surface area contributed by atoms with Crippen molar-refractivity contribution in [1.29, 1.82) is 0 Å². The van der Waals surface area contributed by atoms with E-state index in [0.717, 1.165) is 24.3 Å². The lowest BCUT2D eigenvalue weighted by Gasteiger charge is -2.33. The molecule has 354 valence electrons. The van der Waals surface area contributed by atoms with Gasteiger partial charge in [-0.3, -0.25) is 14.6 Å². The molecule has 0 aliphatic carbocycles. The van der Waals surface area contributed by atoms with Crippen LogP contribution in [0.25, 0.3) is 0 Å². The summed E-state index contributed by atoms with van der Waals surface area (Å²) in [5.41, 5.74) is 13.9. The van der Waals surface area contributed by atoms with Gasteiger partial charge < -0.3 is 69.5 Å². The summed E-state index contributed by atoms with van der Waals surface area (Å²) in [6.07, 6.45) is -7.91. The molecule has 65 heavy (non-hydrogen) atoms. The number of carbonyl (C=O) groups is 4. The van der Waals surface area contributed by atoms with Crippen molar-refractivity contribution in [1.82, 2.24) is 10.6 Å². The zero-order chi connectivity index (χ0) is 47.1. The Morgan fingerprint density at radius 1 is 0.569 bits per heavy atom. The van der Waals surface area contributed by atoms with E-state index >= 15 is 0 Å². The first-order valence-electron chi connectivity index (χ1n) is 20.9. The highest BCUT2D eigenvalue weighted by molar-refractivity contribution is 6.07. The molecule has 2 heterocycles. The number of piperazine rings is 2. The molecule has 0 saturated carbocycles. The normalized spacial score (nSPS) is 14.3. The Morgan fingerprint density at radius 2 is 0.938 bits per heavy atom. The Balaban J connectivity index is 1.32. The molecule has 6 amide bonds. The number of guanidine groups is 1. The minimum Gasteiger partial charge on any atom is -0.370 e. The molecule has 2 aliphatic rings. The lowest BCUT2D eigenvalue weighted by molar-refractivity contribution is -0.138. The summed E-state index contributed by atoms with van der Waals surface area (Å²) in [4.78, 5) is 59.9. The van der Waals surface area contributed by atoms with Crippen molar-refractivity contribution in [2.24, 2.45) is 22.2 Å². The van der Waals surface area contributed by atoms with Gasteiger partial charge in [-0.1, -0.05) is 0 Å². The first-order valence-corrected chi connectivity index (χ1v) is 20.9. The van der Waals surface area contributed by atoms with Crippen LogP contribution in [0.2, 0.25) is 0 Å². The van der Waals surface area contributed by atoms with Gasteiger partial charge in [0.05, 0.1) is 45.3 Å². The van der Waals surface area contributed by atoms with E-state index in [1.165, 1.54) is 24.3 Å². The molecule has 5 rings (SSSR count). The van der Waals surface area contributed by atoms with Crippen molar-refractivity contribution in [3.05, 3.63) is 59.7 Å². The number of nitrogens with two attached hydrogens (primary N) is 3. The average Bonchev–Trinajstić information content (AvgIpc) is 3.24. The van der Waals surface area contributed by atoms with E-state index < -0.39 is 47.4 Å². The molecule has 2 fully saturated rings. The van der Waals surface area contributed by atoms with Gasteiger partial charge in [-0.25, -0.2) is 9.59 Å². The van der Waals surface area contributed by atoms with E-state index in [-0.39, 0.29) is 70.8 Å². The highest BCUT2D eigenvalue weighted by Crippen LogP contribution is 2.43. The van der Waals surface area contributed by atoms with Gasteiger partial charge in [-0.15, -0.1) is 0 Å². The van der Waals surface area contributed by atoms with Gasteiger partial charge in [0, 0.05) is 83.1 Å². The number of urea groups is 2. The standard InChI is InChI=1S/C41H54F6N14O4/c42-40(43,44)25-21-29(56-33(62)5-1-3-11-48)35(60-17-13-51-14-18-60)31(23-25)58-38(64)54-27-7-9-28(10-8-27)55-39(65)59-32-24-26(41(45,46)47)22-30(36(32)61-19-15-52-16-20-61)57-34(63)6-2-4-12-53-37(49)50/h7-10,21-24,51-52H,1-6,11-20,48H2,(H,56,62)(H,57,63)(H4,49,50,53)(H2,54,58,64)(H2,55,59,65). The fourth-order valence-corrected chi connectivity index (χ4v) is 7.10. The third-order valence-corrected chi connectivity index (χ3v) is 10.2. The first-order chi connectivity index (χ1) is 30.9. The molecule has 18 nitrogen and oxygen atoms in total. The van der Waals surface area contributed by atoms with Crippen LogP contribution in [0.4, 0.5) is 81.4 Å². The van der Waals surface area contributed by atoms with E-state index in [1.54, 1.807) is 9.80 Å². The molecule has 0 spiro atoms. The van der Waals surface area contributed by atoms with Gasteiger partial charge in [-0.05, 0) is 80.8 Å². The van der Waals surface area contributed by atoms with E-state index in [9.17, 15) is 45.5 Å². The van der Waals surface area contributed by atoms with Crippen molar-refractivity contribution < 1.29 is 45.5 Å².